The number of hydrogen-bond donors (Lipinski definition) is 1. The number of rotatable bonds is 5. The number of methoxy groups -OCH3 is 2. The normalized spacial score (nSPS) is 11.6. The van der Waals surface area contributed by atoms with E-state index in [4.69, 9.17) is 4.74 Å². The lowest BCUT2D eigenvalue weighted by atomic mass is 10.1. The molecule has 0 aromatic heterocycles. The summed E-state index contributed by atoms with van der Waals surface area (Å²) in [4.78, 5) is 23.4. The van der Waals surface area contributed by atoms with Crippen molar-refractivity contribution < 1.29 is 19.1 Å². The summed E-state index contributed by atoms with van der Waals surface area (Å²) in [6, 6.07) is 5.29. The van der Waals surface area contributed by atoms with Gasteiger partial charge >= 0.3 is 5.97 Å². The minimum atomic E-state index is -0.785. The van der Waals surface area contributed by atoms with Gasteiger partial charge in [0.1, 0.15) is 11.7 Å². The van der Waals surface area contributed by atoms with Gasteiger partial charge in [0.25, 0.3) is 0 Å². The molecule has 1 rings (SSSR count). The van der Waals surface area contributed by atoms with Gasteiger partial charge in [0, 0.05) is 5.69 Å². The molecule has 5 nitrogen and oxygen atoms in total. The SMILES string of the molecule is CCC(C(=O)Nc1ccc(OC)c(C)c1)C(=O)OC. The fraction of sp³-hybridized carbons (Fsp3) is 0.429. The van der Waals surface area contributed by atoms with E-state index in [0.717, 1.165) is 11.3 Å². The molecule has 0 radical (unpaired) electrons. The van der Waals surface area contributed by atoms with Gasteiger partial charge in [-0.05, 0) is 37.1 Å². The van der Waals surface area contributed by atoms with E-state index in [1.165, 1.54) is 7.11 Å². The topological polar surface area (TPSA) is 64.6 Å². The summed E-state index contributed by atoms with van der Waals surface area (Å²) in [7, 11) is 2.86. The number of hydrogen-bond acceptors (Lipinski definition) is 4. The minimum absolute atomic E-state index is 0.362. The first-order valence-electron chi connectivity index (χ1n) is 6.06. The predicted molar refractivity (Wildman–Crippen MR) is 72.2 cm³/mol. The van der Waals surface area contributed by atoms with E-state index in [2.05, 4.69) is 10.1 Å². The van der Waals surface area contributed by atoms with Crippen molar-refractivity contribution in [2.24, 2.45) is 5.92 Å². The van der Waals surface area contributed by atoms with Crippen LogP contribution in [0.5, 0.6) is 5.75 Å². The molecule has 0 aliphatic heterocycles. The smallest absolute Gasteiger partial charge is 0.318 e. The number of amides is 1. The summed E-state index contributed by atoms with van der Waals surface area (Å²) in [6.45, 7) is 3.65. The van der Waals surface area contributed by atoms with E-state index in [0.29, 0.717) is 12.1 Å². The lowest BCUT2D eigenvalue weighted by Crippen LogP contribution is -2.30. The number of anilines is 1. The molecule has 1 amide bonds. The monoisotopic (exact) mass is 265 g/mol. The average molecular weight is 265 g/mol. The second kappa shape index (κ2) is 6.78. The molecule has 0 aliphatic rings. The Labute approximate surface area is 112 Å². The van der Waals surface area contributed by atoms with Gasteiger partial charge in [-0.3, -0.25) is 9.59 Å². The van der Waals surface area contributed by atoms with Gasteiger partial charge in [-0.15, -0.1) is 0 Å². The number of aryl methyl sites for hydroxylation is 1. The van der Waals surface area contributed by atoms with Gasteiger partial charge in [0.05, 0.1) is 14.2 Å². The summed E-state index contributed by atoms with van der Waals surface area (Å²) in [5.74, 6) is -0.922. The second-order valence-electron chi connectivity index (χ2n) is 4.16. The van der Waals surface area contributed by atoms with Gasteiger partial charge in [0.15, 0.2) is 0 Å². The molecule has 1 aromatic carbocycles. The third-order valence-corrected chi connectivity index (χ3v) is 2.87. The zero-order valence-corrected chi connectivity index (χ0v) is 11.6. The predicted octanol–water partition coefficient (Wildman–Crippen LogP) is 2.14. The highest BCUT2D eigenvalue weighted by molar-refractivity contribution is 6.04. The zero-order valence-electron chi connectivity index (χ0n) is 11.6. The van der Waals surface area contributed by atoms with Gasteiger partial charge < -0.3 is 14.8 Å². The van der Waals surface area contributed by atoms with E-state index >= 15 is 0 Å². The fourth-order valence-corrected chi connectivity index (χ4v) is 1.79. The second-order valence-corrected chi connectivity index (χ2v) is 4.16. The van der Waals surface area contributed by atoms with Crippen molar-refractivity contribution in [3.63, 3.8) is 0 Å². The molecule has 0 bridgehead atoms. The number of esters is 1. The third kappa shape index (κ3) is 3.71. The molecule has 0 fully saturated rings. The van der Waals surface area contributed by atoms with E-state index in [-0.39, 0.29) is 5.91 Å². The van der Waals surface area contributed by atoms with Crippen LogP contribution in [0.3, 0.4) is 0 Å². The van der Waals surface area contributed by atoms with Crippen molar-refractivity contribution in [2.75, 3.05) is 19.5 Å². The molecule has 104 valence electrons. The Balaban J connectivity index is 2.81. The van der Waals surface area contributed by atoms with Crippen LogP contribution in [0.2, 0.25) is 0 Å². The van der Waals surface area contributed by atoms with Crippen LogP contribution in [-0.4, -0.2) is 26.1 Å². The third-order valence-electron chi connectivity index (χ3n) is 2.87. The first kappa shape index (κ1) is 15.0. The quantitative estimate of drug-likeness (QED) is 0.654. The maximum absolute atomic E-state index is 12.0. The van der Waals surface area contributed by atoms with Crippen LogP contribution in [0.4, 0.5) is 5.69 Å². The van der Waals surface area contributed by atoms with Crippen molar-refractivity contribution in [1.82, 2.24) is 0 Å². The van der Waals surface area contributed by atoms with Crippen LogP contribution in [0, 0.1) is 12.8 Å². The maximum atomic E-state index is 12.0. The molecule has 0 heterocycles. The number of carbonyl (C=O) groups excluding carboxylic acids is 2. The molecule has 5 heteroatoms. The molecule has 0 spiro atoms. The van der Waals surface area contributed by atoms with E-state index in [9.17, 15) is 9.59 Å². The highest BCUT2D eigenvalue weighted by atomic mass is 16.5. The Hall–Kier alpha value is -2.04. The molecule has 1 N–H and O–H groups in total. The molecule has 19 heavy (non-hydrogen) atoms. The maximum Gasteiger partial charge on any atom is 0.318 e. The summed E-state index contributed by atoms with van der Waals surface area (Å²) in [5, 5.41) is 2.70. The molecule has 1 unspecified atom stereocenters. The summed E-state index contributed by atoms with van der Waals surface area (Å²) in [6.07, 6.45) is 0.396. The highest BCUT2D eigenvalue weighted by Crippen LogP contribution is 2.22. The van der Waals surface area contributed by atoms with Crippen LogP contribution >= 0.6 is 0 Å². The van der Waals surface area contributed by atoms with Gasteiger partial charge in [-0.25, -0.2) is 0 Å². The Morgan fingerprint density at radius 2 is 2.00 bits per heavy atom. The van der Waals surface area contributed by atoms with Crippen LogP contribution in [0.15, 0.2) is 18.2 Å². The van der Waals surface area contributed by atoms with Crippen LogP contribution in [-0.2, 0) is 14.3 Å². The van der Waals surface area contributed by atoms with Crippen molar-refractivity contribution in [2.45, 2.75) is 20.3 Å². The van der Waals surface area contributed by atoms with Crippen molar-refractivity contribution >= 4 is 17.6 Å². The van der Waals surface area contributed by atoms with E-state index in [1.54, 1.807) is 32.2 Å². The molecular weight excluding hydrogens is 246 g/mol. The van der Waals surface area contributed by atoms with Crippen molar-refractivity contribution in [1.29, 1.82) is 0 Å². The lowest BCUT2D eigenvalue weighted by molar-refractivity contribution is -0.148. The number of nitrogens with one attached hydrogen (secondary N) is 1. The first-order valence-corrected chi connectivity index (χ1v) is 6.06. The van der Waals surface area contributed by atoms with Gasteiger partial charge in [-0.1, -0.05) is 6.92 Å². The van der Waals surface area contributed by atoms with Crippen LogP contribution in [0.1, 0.15) is 18.9 Å². The van der Waals surface area contributed by atoms with Gasteiger partial charge in [0.2, 0.25) is 5.91 Å². The van der Waals surface area contributed by atoms with E-state index < -0.39 is 11.9 Å². The number of carbonyl (C=O) groups is 2. The minimum Gasteiger partial charge on any atom is -0.496 e. The Kier molecular flexibility index (Phi) is 5.36. The Morgan fingerprint density at radius 1 is 1.32 bits per heavy atom. The molecule has 1 atom stereocenters. The Bertz CT molecular complexity index is 471. The zero-order chi connectivity index (χ0) is 14.4. The molecule has 0 saturated heterocycles. The highest BCUT2D eigenvalue weighted by Gasteiger charge is 2.25. The van der Waals surface area contributed by atoms with Crippen LogP contribution in [0.25, 0.3) is 0 Å². The average Bonchev–Trinajstić information content (AvgIpc) is 2.39. The summed E-state index contributed by atoms with van der Waals surface area (Å²) < 4.78 is 9.74. The molecular formula is C14H19NO4. The first-order chi connectivity index (χ1) is 9.03. The standard InChI is InChI=1S/C14H19NO4/c1-5-11(14(17)19-4)13(16)15-10-6-7-12(18-3)9(2)8-10/h6-8,11H,5H2,1-4H3,(H,15,16). The van der Waals surface area contributed by atoms with E-state index in [1.807, 2.05) is 6.92 Å². The fourth-order valence-electron chi connectivity index (χ4n) is 1.79. The lowest BCUT2D eigenvalue weighted by Gasteiger charge is -2.13. The summed E-state index contributed by atoms with van der Waals surface area (Å²) in [5.41, 5.74) is 1.54. The number of benzene rings is 1. The van der Waals surface area contributed by atoms with Crippen LogP contribution < -0.4 is 10.1 Å². The molecule has 0 aliphatic carbocycles. The van der Waals surface area contributed by atoms with Gasteiger partial charge in [-0.2, -0.15) is 0 Å². The Morgan fingerprint density at radius 3 is 2.47 bits per heavy atom. The van der Waals surface area contributed by atoms with Crippen molar-refractivity contribution in [3.05, 3.63) is 23.8 Å². The largest absolute Gasteiger partial charge is 0.496 e. The molecule has 0 saturated carbocycles. The van der Waals surface area contributed by atoms with Crippen molar-refractivity contribution in [3.8, 4) is 5.75 Å². The molecule has 1 aromatic rings. The number of ether oxygens (including phenoxy) is 2. The summed E-state index contributed by atoms with van der Waals surface area (Å²) >= 11 is 0.